The van der Waals surface area contributed by atoms with Gasteiger partial charge in [0.25, 0.3) is 0 Å². The van der Waals surface area contributed by atoms with E-state index in [1.807, 2.05) is 0 Å². The van der Waals surface area contributed by atoms with Crippen molar-refractivity contribution in [2.75, 3.05) is 32.8 Å². The van der Waals surface area contributed by atoms with E-state index < -0.39 is 0 Å². The Hall–Kier alpha value is -0.610. The van der Waals surface area contributed by atoms with Crippen LogP contribution in [0.25, 0.3) is 0 Å². The van der Waals surface area contributed by atoms with Crippen molar-refractivity contribution in [1.82, 2.24) is 4.90 Å². The highest BCUT2D eigenvalue weighted by molar-refractivity contribution is 5.69. The van der Waals surface area contributed by atoms with Crippen molar-refractivity contribution in [3.8, 4) is 0 Å². The quantitative estimate of drug-likeness (QED) is 0.203. The van der Waals surface area contributed by atoms with Gasteiger partial charge in [0.1, 0.15) is 0 Å². The van der Waals surface area contributed by atoms with Gasteiger partial charge in [0, 0.05) is 13.0 Å². The van der Waals surface area contributed by atoms with E-state index in [9.17, 15) is 9.90 Å². The fraction of sp³-hybridized carbons (Fsp3) is 0.957. The molecule has 0 atom stereocenters. The van der Waals surface area contributed by atoms with Crippen molar-refractivity contribution in [3.05, 3.63) is 0 Å². The third-order valence-electron chi connectivity index (χ3n) is 5.11. The lowest BCUT2D eigenvalue weighted by atomic mass is 10.1. The van der Waals surface area contributed by atoms with E-state index in [0.29, 0.717) is 19.6 Å². The van der Waals surface area contributed by atoms with Crippen LogP contribution in [-0.2, 0) is 9.53 Å². The summed E-state index contributed by atoms with van der Waals surface area (Å²) in [6, 6.07) is 0. The highest BCUT2D eigenvalue weighted by atomic mass is 16.5. The van der Waals surface area contributed by atoms with E-state index in [0.717, 1.165) is 25.9 Å². The average molecular weight is 386 g/mol. The zero-order chi connectivity index (χ0) is 20.0. The molecule has 0 aliphatic rings. The molecule has 27 heavy (non-hydrogen) atoms. The SMILES string of the molecule is CCCCCCCCCOC(=O)CCCN(CCO)CCCCCCCC. The summed E-state index contributed by atoms with van der Waals surface area (Å²) in [4.78, 5) is 14.1. The second-order valence-electron chi connectivity index (χ2n) is 7.78. The van der Waals surface area contributed by atoms with Crippen LogP contribution in [0, 0.1) is 0 Å². The number of esters is 1. The molecule has 0 radical (unpaired) electrons. The Morgan fingerprint density at radius 3 is 1.81 bits per heavy atom. The van der Waals surface area contributed by atoms with Crippen LogP contribution in [0.1, 0.15) is 110 Å². The predicted molar refractivity (Wildman–Crippen MR) is 115 cm³/mol. The molecule has 0 bridgehead atoms. The summed E-state index contributed by atoms with van der Waals surface area (Å²) in [5.41, 5.74) is 0. The number of ether oxygens (including phenoxy) is 1. The molecule has 1 N–H and O–H groups in total. The van der Waals surface area contributed by atoms with Gasteiger partial charge in [-0.25, -0.2) is 0 Å². The third-order valence-corrected chi connectivity index (χ3v) is 5.11. The van der Waals surface area contributed by atoms with Crippen molar-refractivity contribution < 1.29 is 14.6 Å². The zero-order valence-electron chi connectivity index (χ0n) is 18.4. The summed E-state index contributed by atoms with van der Waals surface area (Å²) in [5, 5.41) is 9.22. The van der Waals surface area contributed by atoms with E-state index in [4.69, 9.17) is 4.74 Å². The maximum absolute atomic E-state index is 11.8. The molecule has 4 nitrogen and oxygen atoms in total. The zero-order valence-corrected chi connectivity index (χ0v) is 18.4. The fourth-order valence-electron chi connectivity index (χ4n) is 3.36. The summed E-state index contributed by atoms with van der Waals surface area (Å²) in [7, 11) is 0. The molecule has 0 saturated heterocycles. The summed E-state index contributed by atoms with van der Waals surface area (Å²) >= 11 is 0. The smallest absolute Gasteiger partial charge is 0.305 e. The van der Waals surface area contributed by atoms with Crippen molar-refractivity contribution in [2.45, 2.75) is 110 Å². The monoisotopic (exact) mass is 385 g/mol. The van der Waals surface area contributed by atoms with Gasteiger partial charge in [-0.2, -0.15) is 0 Å². The molecule has 0 unspecified atom stereocenters. The summed E-state index contributed by atoms with van der Waals surface area (Å²) < 4.78 is 5.34. The van der Waals surface area contributed by atoms with E-state index >= 15 is 0 Å². The number of carbonyl (C=O) groups excluding carboxylic acids is 1. The molecule has 0 heterocycles. The molecule has 0 aliphatic carbocycles. The molecule has 0 aromatic carbocycles. The first-order chi connectivity index (χ1) is 13.2. The average Bonchev–Trinajstić information content (AvgIpc) is 2.66. The van der Waals surface area contributed by atoms with E-state index in [1.54, 1.807) is 0 Å². The predicted octanol–water partition coefficient (Wildman–Crippen LogP) is 5.72. The van der Waals surface area contributed by atoms with Crippen molar-refractivity contribution >= 4 is 5.97 Å². The van der Waals surface area contributed by atoms with Crippen LogP contribution in [0.5, 0.6) is 0 Å². The number of nitrogens with zero attached hydrogens (tertiary/aromatic N) is 1. The highest BCUT2D eigenvalue weighted by Gasteiger charge is 2.07. The molecule has 162 valence electrons. The van der Waals surface area contributed by atoms with Crippen molar-refractivity contribution in [2.24, 2.45) is 0 Å². The van der Waals surface area contributed by atoms with Gasteiger partial charge in [-0.3, -0.25) is 4.79 Å². The molecule has 0 saturated carbocycles. The van der Waals surface area contributed by atoms with Crippen LogP contribution in [0.4, 0.5) is 0 Å². The van der Waals surface area contributed by atoms with Gasteiger partial charge in [-0.1, -0.05) is 84.5 Å². The van der Waals surface area contributed by atoms with Gasteiger partial charge in [0.15, 0.2) is 0 Å². The number of carbonyl (C=O) groups is 1. The topological polar surface area (TPSA) is 49.8 Å². The van der Waals surface area contributed by atoms with Crippen LogP contribution in [0.15, 0.2) is 0 Å². The third kappa shape index (κ3) is 19.9. The maximum Gasteiger partial charge on any atom is 0.305 e. The number of unbranched alkanes of at least 4 members (excludes halogenated alkanes) is 11. The van der Waals surface area contributed by atoms with Gasteiger partial charge in [0.2, 0.25) is 0 Å². The van der Waals surface area contributed by atoms with Gasteiger partial charge < -0.3 is 14.7 Å². The molecule has 0 spiro atoms. The Morgan fingerprint density at radius 2 is 1.22 bits per heavy atom. The number of hydrogen-bond acceptors (Lipinski definition) is 4. The molecular weight excluding hydrogens is 338 g/mol. The number of hydrogen-bond donors (Lipinski definition) is 1. The summed E-state index contributed by atoms with van der Waals surface area (Å²) in [6.45, 7) is 7.85. The number of aliphatic hydroxyl groups excluding tert-OH is 1. The van der Waals surface area contributed by atoms with Crippen LogP contribution >= 0.6 is 0 Å². The Morgan fingerprint density at radius 1 is 0.704 bits per heavy atom. The first-order valence-electron chi connectivity index (χ1n) is 11.7. The lowest BCUT2D eigenvalue weighted by Crippen LogP contribution is -2.29. The summed E-state index contributed by atoms with van der Waals surface area (Å²) in [5.74, 6) is -0.0653. The molecule has 0 aromatic heterocycles. The van der Waals surface area contributed by atoms with Gasteiger partial charge >= 0.3 is 5.97 Å². The largest absolute Gasteiger partial charge is 0.466 e. The Kier molecular flexibility index (Phi) is 21.2. The van der Waals surface area contributed by atoms with Gasteiger partial charge in [-0.15, -0.1) is 0 Å². The van der Waals surface area contributed by atoms with Crippen LogP contribution < -0.4 is 0 Å². The first kappa shape index (κ1) is 26.4. The van der Waals surface area contributed by atoms with Crippen LogP contribution in [0.3, 0.4) is 0 Å². The second kappa shape index (κ2) is 21.7. The first-order valence-corrected chi connectivity index (χ1v) is 11.7. The van der Waals surface area contributed by atoms with Crippen LogP contribution in [0.2, 0.25) is 0 Å². The molecule has 4 heteroatoms. The lowest BCUT2D eigenvalue weighted by Gasteiger charge is -2.21. The van der Waals surface area contributed by atoms with Crippen LogP contribution in [-0.4, -0.2) is 48.8 Å². The standard InChI is InChI=1S/C23H47NO3/c1-3-5-7-9-11-13-15-22-27-23(26)17-16-19-24(20-21-25)18-14-12-10-8-6-4-2/h25H,3-22H2,1-2H3. The maximum atomic E-state index is 11.8. The molecule has 0 aliphatic heterocycles. The fourth-order valence-corrected chi connectivity index (χ4v) is 3.36. The van der Waals surface area contributed by atoms with E-state index in [1.165, 1.54) is 77.0 Å². The molecular formula is C23H47NO3. The van der Waals surface area contributed by atoms with E-state index in [-0.39, 0.29) is 12.6 Å². The highest BCUT2D eigenvalue weighted by Crippen LogP contribution is 2.08. The number of rotatable bonds is 21. The normalized spacial score (nSPS) is 11.3. The van der Waals surface area contributed by atoms with E-state index in [2.05, 4.69) is 18.7 Å². The second-order valence-corrected chi connectivity index (χ2v) is 7.78. The lowest BCUT2D eigenvalue weighted by molar-refractivity contribution is -0.143. The minimum absolute atomic E-state index is 0.0653. The van der Waals surface area contributed by atoms with Crippen molar-refractivity contribution in [1.29, 1.82) is 0 Å². The molecule has 0 rings (SSSR count). The van der Waals surface area contributed by atoms with Gasteiger partial charge in [-0.05, 0) is 32.4 Å². The number of aliphatic hydroxyl groups is 1. The summed E-state index contributed by atoms with van der Waals surface area (Å²) in [6.07, 6.45) is 17.7. The Labute approximate surface area is 169 Å². The molecule has 0 fully saturated rings. The van der Waals surface area contributed by atoms with Gasteiger partial charge in [0.05, 0.1) is 13.2 Å². The Balaban J connectivity index is 3.57. The minimum atomic E-state index is -0.0653. The molecule has 0 amide bonds. The van der Waals surface area contributed by atoms with Crippen molar-refractivity contribution in [3.63, 3.8) is 0 Å². The Bertz CT molecular complexity index is 310. The molecule has 0 aromatic rings. The minimum Gasteiger partial charge on any atom is -0.466 e.